The Labute approximate surface area is 118 Å². The van der Waals surface area contributed by atoms with Crippen molar-refractivity contribution in [2.75, 3.05) is 0 Å². The zero-order valence-electron chi connectivity index (χ0n) is 14.1. The van der Waals surface area contributed by atoms with E-state index in [-0.39, 0.29) is 11.2 Å². The lowest BCUT2D eigenvalue weighted by molar-refractivity contribution is -0.544. The highest BCUT2D eigenvalue weighted by atomic mass is 17.3. The van der Waals surface area contributed by atoms with Crippen LogP contribution in [0.25, 0.3) is 0 Å². The highest BCUT2D eigenvalue weighted by molar-refractivity contribution is 4.69. The van der Waals surface area contributed by atoms with Crippen molar-refractivity contribution in [1.82, 2.24) is 0 Å². The first-order valence-electron chi connectivity index (χ1n) is 7.13. The third-order valence-electron chi connectivity index (χ3n) is 2.15. The lowest BCUT2D eigenvalue weighted by Crippen LogP contribution is -2.41. The van der Waals surface area contributed by atoms with Gasteiger partial charge in [0.05, 0.1) is 11.2 Å². The third kappa shape index (κ3) is 9.38. The molecule has 0 unspecified atom stereocenters. The standard InChI is InChI=1S/C15H32O4/c1-10-15(11-12(2)3,18-16-13(4,5)6)19-17-14(7,8)9/h12H,10-11H2,1-9H3. The van der Waals surface area contributed by atoms with Crippen LogP contribution in [-0.2, 0) is 19.6 Å². The SMILES string of the molecule is CCC(CC(C)C)(OOC(C)(C)C)OOC(C)(C)C. The van der Waals surface area contributed by atoms with E-state index >= 15 is 0 Å². The van der Waals surface area contributed by atoms with E-state index < -0.39 is 5.79 Å². The summed E-state index contributed by atoms with van der Waals surface area (Å²) in [5.41, 5.74) is -0.773. The molecule has 0 amide bonds. The van der Waals surface area contributed by atoms with Crippen molar-refractivity contribution in [2.45, 2.75) is 92.1 Å². The molecule has 0 saturated heterocycles. The van der Waals surface area contributed by atoms with Crippen molar-refractivity contribution in [3.63, 3.8) is 0 Å². The van der Waals surface area contributed by atoms with Crippen LogP contribution in [0.15, 0.2) is 0 Å². The zero-order valence-corrected chi connectivity index (χ0v) is 14.1. The highest BCUT2D eigenvalue weighted by Gasteiger charge is 2.37. The van der Waals surface area contributed by atoms with E-state index in [1.54, 1.807) is 0 Å². The monoisotopic (exact) mass is 276 g/mol. The largest absolute Gasteiger partial charge is 0.234 e. The molecule has 0 aromatic rings. The van der Waals surface area contributed by atoms with Gasteiger partial charge in [-0.15, -0.1) is 0 Å². The Morgan fingerprint density at radius 2 is 1.11 bits per heavy atom. The van der Waals surface area contributed by atoms with Gasteiger partial charge >= 0.3 is 0 Å². The Morgan fingerprint density at radius 1 is 0.737 bits per heavy atom. The molecule has 0 heterocycles. The van der Waals surface area contributed by atoms with Crippen LogP contribution in [-0.4, -0.2) is 17.0 Å². The van der Waals surface area contributed by atoms with Crippen LogP contribution >= 0.6 is 0 Å². The van der Waals surface area contributed by atoms with Crippen LogP contribution in [0.5, 0.6) is 0 Å². The molecule has 0 aromatic carbocycles. The highest BCUT2D eigenvalue weighted by Crippen LogP contribution is 2.30. The molecule has 0 N–H and O–H groups in total. The predicted octanol–water partition coefficient (Wildman–Crippen LogP) is 4.63. The fourth-order valence-electron chi connectivity index (χ4n) is 1.37. The smallest absolute Gasteiger partial charge is 0.228 e. The maximum absolute atomic E-state index is 5.60. The molecule has 0 aliphatic rings. The molecule has 0 atom stereocenters. The average Bonchev–Trinajstić information content (AvgIpc) is 2.19. The first kappa shape index (κ1) is 18.8. The van der Waals surface area contributed by atoms with E-state index in [1.807, 2.05) is 48.5 Å². The summed E-state index contributed by atoms with van der Waals surface area (Å²) in [7, 11) is 0. The van der Waals surface area contributed by atoms with Crippen LogP contribution in [0.1, 0.15) is 75.2 Å². The van der Waals surface area contributed by atoms with Crippen molar-refractivity contribution >= 4 is 0 Å². The number of hydrogen-bond donors (Lipinski definition) is 0. The topological polar surface area (TPSA) is 36.9 Å². The van der Waals surface area contributed by atoms with Gasteiger partial charge in [-0.3, -0.25) is 0 Å². The Morgan fingerprint density at radius 3 is 1.32 bits per heavy atom. The molecule has 0 fully saturated rings. The van der Waals surface area contributed by atoms with E-state index in [2.05, 4.69) is 13.8 Å². The summed E-state index contributed by atoms with van der Waals surface area (Å²) in [5, 5.41) is 0. The first-order valence-corrected chi connectivity index (χ1v) is 7.13. The first-order chi connectivity index (χ1) is 8.39. The van der Waals surface area contributed by atoms with Crippen LogP contribution < -0.4 is 0 Å². The van der Waals surface area contributed by atoms with E-state index in [9.17, 15) is 0 Å². The summed E-state index contributed by atoms with van der Waals surface area (Å²) >= 11 is 0. The second kappa shape index (κ2) is 7.02. The molecule has 0 aliphatic heterocycles. The summed E-state index contributed by atoms with van der Waals surface area (Å²) in [4.78, 5) is 22.1. The van der Waals surface area contributed by atoms with Gasteiger partial charge in [0.25, 0.3) is 0 Å². The maximum Gasteiger partial charge on any atom is 0.234 e. The van der Waals surface area contributed by atoms with Gasteiger partial charge in [-0.1, -0.05) is 20.8 Å². The van der Waals surface area contributed by atoms with Gasteiger partial charge in [0.15, 0.2) is 0 Å². The molecule has 4 heteroatoms. The van der Waals surface area contributed by atoms with Gasteiger partial charge in [0, 0.05) is 12.8 Å². The van der Waals surface area contributed by atoms with E-state index in [0.717, 1.165) is 0 Å². The second-order valence-corrected chi connectivity index (χ2v) is 7.42. The minimum absolute atomic E-state index is 0.386. The lowest BCUT2D eigenvalue weighted by Gasteiger charge is -2.35. The van der Waals surface area contributed by atoms with Crippen LogP contribution in [0.3, 0.4) is 0 Å². The molecule has 0 bridgehead atoms. The van der Waals surface area contributed by atoms with Gasteiger partial charge in [0.1, 0.15) is 0 Å². The van der Waals surface area contributed by atoms with Crippen molar-refractivity contribution in [1.29, 1.82) is 0 Å². The van der Waals surface area contributed by atoms with Crippen LogP contribution in [0.2, 0.25) is 0 Å². The van der Waals surface area contributed by atoms with Crippen molar-refractivity contribution < 1.29 is 19.6 Å². The third-order valence-corrected chi connectivity index (χ3v) is 2.15. The average molecular weight is 276 g/mol. The predicted molar refractivity (Wildman–Crippen MR) is 76.3 cm³/mol. The summed E-state index contributed by atoms with van der Waals surface area (Å²) < 4.78 is 0. The molecule has 0 aromatic heterocycles. The molecule has 0 saturated carbocycles. The second-order valence-electron chi connectivity index (χ2n) is 7.42. The van der Waals surface area contributed by atoms with Crippen molar-refractivity contribution in [2.24, 2.45) is 5.92 Å². The van der Waals surface area contributed by atoms with Crippen LogP contribution in [0, 0.1) is 5.92 Å². The fraction of sp³-hybridized carbons (Fsp3) is 1.00. The van der Waals surface area contributed by atoms with E-state index in [4.69, 9.17) is 19.6 Å². The Hall–Kier alpha value is -0.160. The summed E-state index contributed by atoms with van der Waals surface area (Å²) in [6, 6.07) is 0. The van der Waals surface area contributed by atoms with Gasteiger partial charge in [0.2, 0.25) is 5.79 Å². The normalized spacial score (nSPS) is 14.2. The van der Waals surface area contributed by atoms with Crippen molar-refractivity contribution in [3.05, 3.63) is 0 Å². The molecular formula is C15H32O4. The Kier molecular flexibility index (Phi) is 6.96. The molecule has 0 spiro atoms. The molecule has 0 radical (unpaired) electrons. The quantitative estimate of drug-likeness (QED) is 0.386. The van der Waals surface area contributed by atoms with Gasteiger partial charge in [-0.2, -0.15) is 9.78 Å². The lowest BCUT2D eigenvalue weighted by atomic mass is 10.0. The molecule has 0 aliphatic carbocycles. The minimum Gasteiger partial charge on any atom is -0.228 e. The molecule has 4 nitrogen and oxygen atoms in total. The minimum atomic E-state index is -0.866. The summed E-state index contributed by atoms with van der Waals surface area (Å²) in [6.07, 6.45) is 1.35. The Balaban J connectivity index is 4.77. The van der Waals surface area contributed by atoms with Gasteiger partial charge in [-0.25, -0.2) is 9.78 Å². The van der Waals surface area contributed by atoms with Gasteiger partial charge < -0.3 is 0 Å². The Bertz CT molecular complexity index is 230. The molecular weight excluding hydrogens is 244 g/mol. The molecule has 116 valence electrons. The van der Waals surface area contributed by atoms with Crippen molar-refractivity contribution in [3.8, 4) is 0 Å². The fourth-order valence-corrected chi connectivity index (χ4v) is 1.37. The summed E-state index contributed by atoms with van der Waals surface area (Å²) in [6.45, 7) is 17.9. The van der Waals surface area contributed by atoms with Gasteiger partial charge in [-0.05, 0) is 47.5 Å². The molecule has 19 heavy (non-hydrogen) atoms. The molecule has 0 rings (SSSR count). The van der Waals surface area contributed by atoms with Crippen LogP contribution in [0.4, 0.5) is 0 Å². The number of hydrogen-bond acceptors (Lipinski definition) is 4. The maximum atomic E-state index is 5.60. The van der Waals surface area contributed by atoms with E-state index in [0.29, 0.717) is 18.8 Å². The zero-order chi connectivity index (χ0) is 15.3. The summed E-state index contributed by atoms with van der Waals surface area (Å²) in [5.74, 6) is -0.457. The van der Waals surface area contributed by atoms with E-state index in [1.165, 1.54) is 0 Å². The number of rotatable bonds is 7.